The smallest absolute Gasteiger partial charge is 0.137 e. The third-order valence-corrected chi connectivity index (χ3v) is 6.28. The van der Waals surface area contributed by atoms with E-state index in [4.69, 9.17) is 4.98 Å². The van der Waals surface area contributed by atoms with E-state index in [1.807, 2.05) is 0 Å². The van der Waals surface area contributed by atoms with Crippen LogP contribution in [0, 0.1) is 24.7 Å². The van der Waals surface area contributed by atoms with E-state index in [0.717, 1.165) is 23.4 Å². The molecule has 2 heteroatoms. The van der Waals surface area contributed by atoms with Crippen LogP contribution in [0.4, 0.5) is 0 Å². The Kier molecular flexibility index (Phi) is 2.08. The van der Waals surface area contributed by atoms with Crippen LogP contribution < -0.4 is 0 Å². The summed E-state index contributed by atoms with van der Waals surface area (Å²) in [4.78, 5) is 5.03. The van der Waals surface area contributed by atoms with Gasteiger partial charge in [-0.05, 0) is 75.3 Å². The first-order chi connectivity index (χ1) is 9.72. The van der Waals surface area contributed by atoms with E-state index in [2.05, 4.69) is 35.7 Å². The molecule has 6 rings (SSSR count). The van der Waals surface area contributed by atoms with Gasteiger partial charge in [-0.1, -0.05) is 6.07 Å². The second kappa shape index (κ2) is 3.66. The number of fused-ring (bicyclic) bond motifs is 1. The summed E-state index contributed by atoms with van der Waals surface area (Å²) in [6, 6.07) is 6.45. The number of nitrogens with zero attached hydrogens (tertiary/aromatic N) is 2. The average Bonchev–Trinajstić information content (AvgIpc) is 2.83. The van der Waals surface area contributed by atoms with Gasteiger partial charge >= 0.3 is 0 Å². The SMILES string of the molecule is Cc1cccc2nc(C34CC5CC(CC(C5)C3)C4)cn12. The number of aryl methyl sites for hydroxylation is 1. The summed E-state index contributed by atoms with van der Waals surface area (Å²) < 4.78 is 2.29. The summed E-state index contributed by atoms with van der Waals surface area (Å²) in [5.41, 5.74) is 4.25. The molecule has 0 saturated heterocycles. The van der Waals surface area contributed by atoms with Gasteiger partial charge in [0.15, 0.2) is 0 Å². The number of aromatic nitrogens is 2. The van der Waals surface area contributed by atoms with Crippen molar-refractivity contribution in [1.82, 2.24) is 9.38 Å². The highest BCUT2D eigenvalue weighted by molar-refractivity contribution is 5.43. The van der Waals surface area contributed by atoms with E-state index in [1.54, 1.807) is 0 Å². The molecule has 2 aromatic rings. The maximum absolute atomic E-state index is 5.03. The lowest BCUT2D eigenvalue weighted by molar-refractivity contribution is -0.00697. The lowest BCUT2D eigenvalue weighted by Gasteiger charge is -2.56. The summed E-state index contributed by atoms with van der Waals surface area (Å²) in [5, 5.41) is 0. The molecule has 0 aromatic carbocycles. The lowest BCUT2D eigenvalue weighted by atomic mass is 9.49. The van der Waals surface area contributed by atoms with Gasteiger partial charge in [0.2, 0.25) is 0 Å². The molecule has 0 radical (unpaired) electrons. The fourth-order valence-electron chi connectivity index (χ4n) is 5.83. The van der Waals surface area contributed by atoms with Crippen molar-refractivity contribution in [2.75, 3.05) is 0 Å². The van der Waals surface area contributed by atoms with Gasteiger partial charge in [0, 0.05) is 17.3 Å². The molecule has 20 heavy (non-hydrogen) atoms. The molecule has 4 fully saturated rings. The van der Waals surface area contributed by atoms with Crippen molar-refractivity contribution in [3.05, 3.63) is 35.8 Å². The van der Waals surface area contributed by atoms with E-state index in [0.29, 0.717) is 5.41 Å². The highest BCUT2D eigenvalue weighted by atomic mass is 15.0. The van der Waals surface area contributed by atoms with Crippen LogP contribution in [-0.4, -0.2) is 9.38 Å². The van der Waals surface area contributed by atoms with Crippen molar-refractivity contribution in [3.8, 4) is 0 Å². The molecule has 4 bridgehead atoms. The molecular formula is C18H22N2. The van der Waals surface area contributed by atoms with Crippen LogP contribution in [0.1, 0.15) is 49.9 Å². The van der Waals surface area contributed by atoms with Crippen molar-refractivity contribution in [1.29, 1.82) is 0 Å². The van der Waals surface area contributed by atoms with Crippen molar-refractivity contribution < 1.29 is 0 Å². The molecule has 4 aliphatic rings. The number of pyridine rings is 1. The maximum Gasteiger partial charge on any atom is 0.137 e. The Morgan fingerprint density at radius 3 is 2.30 bits per heavy atom. The van der Waals surface area contributed by atoms with Crippen molar-refractivity contribution >= 4 is 5.65 Å². The predicted octanol–water partition coefficient (Wildman–Crippen LogP) is 4.11. The second-order valence-electron chi connectivity index (χ2n) is 7.72. The van der Waals surface area contributed by atoms with Gasteiger partial charge in [-0.15, -0.1) is 0 Å². The van der Waals surface area contributed by atoms with Crippen LogP contribution in [0.25, 0.3) is 5.65 Å². The molecular weight excluding hydrogens is 244 g/mol. The van der Waals surface area contributed by atoms with Crippen LogP contribution in [0.15, 0.2) is 24.4 Å². The minimum Gasteiger partial charge on any atom is -0.304 e. The fourth-order valence-corrected chi connectivity index (χ4v) is 5.83. The Hall–Kier alpha value is -1.31. The monoisotopic (exact) mass is 266 g/mol. The van der Waals surface area contributed by atoms with Gasteiger partial charge in [-0.25, -0.2) is 4.98 Å². The number of hydrogen-bond acceptors (Lipinski definition) is 1. The number of rotatable bonds is 1. The third-order valence-electron chi connectivity index (χ3n) is 6.28. The summed E-state index contributed by atoms with van der Waals surface area (Å²) in [7, 11) is 0. The van der Waals surface area contributed by atoms with E-state index < -0.39 is 0 Å². The molecule has 0 atom stereocenters. The Labute approximate surface area is 120 Å². The predicted molar refractivity (Wildman–Crippen MR) is 79.8 cm³/mol. The third kappa shape index (κ3) is 1.43. The molecule has 2 heterocycles. The molecule has 2 aromatic heterocycles. The van der Waals surface area contributed by atoms with E-state index in [1.165, 1.54) is 49.9 Å². The first kappa shape index (κ1) is 11.4. The minimum atomic E-state index is 0.424. The van der Waals surface area contributed by atoms with Crippen LogP contribution in [0.2, 0.25) is 0 Å². The van der Waals surface area contributed by atoms with Gasteiger partial charge < -0.3 is 4.40 Å². The Balaban J connectivity index is 1.65. The highest BCUT2D eigenvalue weighted by Gasteiger charge is 2.52. The lowest BCUT2D eigenvalue weighted by Crippen LogP contribution is -2.48. The van der Waals surface area contributed by atoms with Crippen LogP contribution in [-0.2, 0) is 5.41 Å². The molecule has 4 aliphatic carbocycles. The molecule has 2 nitrogen and oxygen atoms in total. The number of hydrogen-bond donors (Lipinski definition) is 0. The molecule has 0 spiro atoms. The fraction of sp³-hybridized carbons (Fsp3) is 0.611. The van der Waals surface area contributed by atoms with Crippen molar-refractivity contribution in [3.63, 3.8) is 0 Å². The molecule has 0 aliphatic heterocycles. The minimum absolute atomic E-state index is 0.424. The van der Waals surface area contributed by atoms with Gasteiger partial charge in [0.25, 0.3) is 0 Å². The summed E-state index contributed by atoms with van der Waals surface area (Å²) in [6.07, 6.45) is 11.1. The molecule has 0 N–H and O–H groups in total. The summed E-state index contributed by atoms with van der Waals surface area (Å²) >= 11 is 0. The normalized spacial score (nSPS) is 38.8. The first-order valence-corrected chi connectivity index (χ1v) is 8.17. The zero-order valence-electron chi connectivity index (χ0n) is 12.2. The first-order valence-electron chi connectivity index (χ1n) is 8.17. The van der Waals surface area contributed by atoms with E-state index >= 15 is 0 Å². The quantitative estimate of drug-likeness (QED) is 0.759. The van der Waals surface area contributed by atoms with Crippen LogP contribution >= 0.6 is 0 Å². The second-order valence-corrected chi connectivity index (χ2v) is 7.72. The summed E-state index contributed by atoms with van der Waals surface area (Å²) in [5.74, 6) is 2.98. The zero-order chi connectivity index (χ0) is 13.3. The van der Waals surface area contributed by atoms with Crippen molar-refractivity contribution in [2.24, 2.45) is 17.8 Å². The maximum atomic E-state index is 5.03. The topological polar surface area (TPSA) is 17.3 Å². The Morgan fingerprint density at radius 1 is 1.05 bits per heavy atom. The Morgan fingerprint density at radius 2 is 1.70 bits per heavy atom. The van der Waals surface area contributed by atoms with Gasteiger partial charge in [-0.2, -0.15) is 0 Å². The molecule has 4 saturated carbocycles. The molecule has 0 amide bonds. The summed E-state index contributed by atoms with van der Waals surface area (Å²) in [6.45, 7) is 2.18. The largest absolute Gasteiger partial charge is 0.304 e. The van der Waals surface area contributed by atoms with Gasteiger partial charge in [0.1, 0.15) is 5.65 Å². The Bertz CT molecular complexity index is 646. The molecule has 104 valence electrons. The van der Waals surface area contributed by atoms with Gasteiger partial charge in [0.05, 0.1) is 5.69 Å². The number of imidazole rings is 1. The van der Waals surface area contributed by atoms with E-state index in [9.17, 15) is 0 Å². The zero-order valence-corrected chi connectivity index (χ0v) is 12.2. The van der Waals surface area contributed by atoms with Crippen LogP contribution in [0.5, 0.6) is 0 Å². The van der Waals surface area contributed by atoms with Gasteiger partial charge in [-0.3, -0.25) is 0 Å². The van der Waals surface area contributed by atoms with Crippen LogP contribution in [0.3, 0.4) is 0 Å². The van der Waals surface area contributed by atoms with Crippen molar-refractivity contribution in [2.45, 2.75) is 50.9 Å². The van der Waals surface area contributed by atoms with E-state index in [-0.39, 0.29) is 0 Å². The highest BCUT2D eigenvalue weighted by Crippen LogP contribution is 2.60. The standard InChI is InChI=1S/C18H22N2/c1-12-3-2-4-17-19-16(11-20(12)17)18-8-13-5-14(9-18)7-15(6-13)10-18/h2-4,11,13-15H,5-10H2,1H3. The average molecular weight is 266 g/mol. The molecule has 0 unspecified atom stereocenters.